The monoisotopic (exact) mass is 632 g/mol. The number of alkyl halides is 6. The molecule has 0 saturated heterocycles. The van der Waals surface area contributed by atoms with Gasteiger partial charge in [-0.1, -0.05) is 12.1 Å². The van der Waals surface area contributed by atoms with Crippen LogP contribution in [0.1, 0.15) is 0 Å². The Hall–Kier alpha value is -3.77. The van der Waals surface area contributed by atoms with Crippen molar-refractivity contribution in [3.63, 3.8) is 0 Å². The maximum Gasteiger partial charge on any atom is 0.534 e. The van der Waals surface area contributed by atoms with E-state index in [1.165, 1.54) is 29.8 Å². The number of hydrogen-bond acceptors (Lipinski definition) is 7. The topological polar surface area (TPSA) is 99.9 Å². The first-order valence-corrected chi connectivity index (χ1v) is 13.5. The van der Waals surface area contributed by atoms with Gasteiger partial charge in [0.2, 0.25) is 11.2 Å². The lowest BCUT2D eigenvalue weighted by Crippen LogP contribution is -2.34. The van der Waals surface area contributed by atoms with Gasteiger partial charge in [-0.25, -0.2) is 8.78 Å². The summed E-state index contributed by atoms with van der Waals surface area (Å²) in [6, 6.07) is 10.6. The molecule has 5 rings (SSSR count). The highest BCUT2D eigenvalue weighted by Crippen LogP contribution is 2.47. The lowest BCUT2D eigenvalue weighted by Gasteiger charge is -2.20. The molecule has 18 heteroatoms. The molecule has 220 valence electrons. The summed E-state index contributed by atoms with van der Waals surface area (Å²) in [6.45, 7) is 0. The van der Waals surface area contributed by atoms with Crippen molar-refractivity contribution in [3.8, 4) is 28.5 Å². The van der Waals surface area contributed by atoms with E-state index in [9.17, 15) is 52.0 Å². The van der Waals surface area contributed by atoms with Crippen molar-refractivity contribution in [2.24, 2.45) is 7.05 Å². The van der Waals surface area contributed by atoms with Gasteiger partial charge in [-0.15, -0.1) is 0 Å². The molecule has 0 N–H and O–H groups in total. The summed E-state index contributed by atoms with van der Waals surface area (Å²) in [7, 11) is -9.43. The standard InChI is InChI=1S/C21H11F5NO4S.C2H3F3O3S/c1-27-15-9-18(31-32(28,29)21(24,25)26)14(23)8-12(15)11-3-2-4-17-19(11)20(27)13-7-10(22)5-6-16(13)30-17;1-8-9(6,7)2(3,4)5/h2-9H,1H3;1H3/q+1;. The number of hydrogen-bond donors (Lipinski definition) is 0. The van der Waals surface area contributed by atoms with Gasteiger partial charge in [0.25, 0.3) is 0 Å². The lowest BCUT2D eigenvalue weighted by molar-refractivity contribution is -0.632. The molecule has 8 nitrogen and oxygen atoms in total. The highest BCUT2D eigenvalue weighted by Gasteiger charge is 2.49. The van der Waals surface area contributed by atoms with Gasteiger partial charge in [-0.05, 0) is 30.3 Å². The second kappa shape index (κ2) is 9.95. The van der Waals surface area contributed by atoms with Crippen LogP contribution in [0.3, 0.4) is 0 Å². The van der Waals surface area contributed by atoms with Gasteiger partial charge in [0.1, 0.15) is 24.4 Å². The van der Waals surface area contributed by atoms with E-state index in [0.29, 0.717) is 40.6 Å². The molecule has 0 radical (unpaired) electrons. The summed E-state index contributed by atoms with van der Waals surface area (Å²) < 4.78 is 157. The minimum Gasteiger partial charge on any atom is -0.456 e. The third-order valence-electron chi connectivity index (χ3n) is 5.70. The molecule has 0 amide bonds. The largest absolute Gasteiger partial charge is 0.534 e. The van der Waals surface area contributed by atoms with Crippen LogP contribution in [0.4, 0.5) is 35.1 Å². The van der Waals surface area contributed by atoms with Gasteiger partial charge in [0.15, 0.2) is 11.6 Å². The minimum atomic E-state index is -6.08. The van der Waals surface area contributed by atoms with Gasteiger partial charge < -0.3 is 8.92 Å². The second-order valence-electron chi connectivity index (χ2n) is 8.18. The second-order valence-corrected chi connectivity index (χ2v) is 11.4. The van der Waals surface area contributed by atoms with Gasteiger partial charge in [-0.2, -0.15) is 47.7 Å². The summed E-state index contributed by atoms with van der Waals surface area (Å²) >= 11 is 0. The van der Waals surface area contributed by atoms with Crippen molar-refractivity contribution in [1.82, 2.24) is 0 Å². The van der Waals surface area contributed by atoms with E-state index in [0.717, 1.165) is 12.1 Å². The molecule has 0 aliphatic carbocycles. The summed E-state index contributed by atoms with van der Waals surface area (Å²) in [6.07, 6.45) is 0. The fourth-order valence-corrected chi connectivity index (χ4v) is 4.59. The number of aromatic nitrogens is 1. The number of fused-ring (bicyclic) bond motifs is 4. The molecular weight excluding hydrogens is 618 g/mol. The van der Waals surface area contributed by atoms with Gasteiger partial charge >= 0.3 is 31.3 Å². The predicted octanol–water partition coefficient (Wildman–Crippen LogP) is 5.58. The van der Waals surface area contributed by atoms with E-state index in [1.54, 1.807) is 18.2 Å². The Labute approximate surface area is 225 Å². The SMILES string of the molecule is COS(=O)(=O)C(F)(F)F.C[n+]1c2c3c(cccc3c3cc(F)c(OS(=O)(=O)C(F)(F)F)cc31)Oc1ccc(F)cc1-2. The Morgan fingerprint density at radius 3 is 2.00 bits per heavy atom. The quantitative estimate of drug-likeness (QED) is 0.0842. The smallest absolute Gasteiger partial charge is 0.456 e. The van der Waals surface area contributed by atoms with Crippen molar-refractivity contribution < 1.29 is 69.6 Å². The molecule has 0 unspecified atom stereocenters. The number of benzene rings is 3. The Kier molecular flexibility index (Phi) is 7.33. The van der Waals surface area contributed by atoms with Crippen LogP contribution in [0.15, 0.2) is 48.5 Å². The first-order chi connectivity index (χ1) is 18.8. The molecular formula is C23H14F8NO7S2+. The lowest BCUT2D eigenvalue weighted by atomic mass is 9.96. The van der Waals surface area contributed by atoms with Crippen LogP contribution < -0.4 is 13.5 Å². The maximum absolute atomic E-state index is 14.6. The average Bonchev–Trinajstić information content (AvgIpc) is 2.86. The molecule has 3 aromatic carbocycles. The predicted molar refractivity (Wildman–Crippen MR) is 126 cm³/mol. The van der Waals surface area contributed by atoms with Crippen LogP contribution in [0, 0.1) is 11.6 Å². The first-order valence-electron chi connectivity index (χ1n) is 10.7. The van der Waals surface area contributed by atoms with E-state index < -0.39 is 48.6 Å². The van der Waals surface area contributed by atoms with E-state index in [-0.39, 0.29) is 10.9 Å². The van der Waals surface area contributed by atoms with Crippen LogP contribution >= 0.6 is 0 Å². The third-order valence-corrected chi connectivity index (χ3v) is 7.67. The molecule has 0 fully saturated rings. The zero-order valence-corrected chi connectivity index (χ0v) is 21.9. The molecule has 4 aromatic rings. The number of aryl methyl sites for hydroxylation is 1. The van der Waals surface area contributed by atoms with Gasteiger partial charge in [0, 0.05) is 5.39 Å². The molecule has 0 spiro atoms. The van der Waals surface area contributed by atoms with Crippen molar-refractivity contribution in [1.29, 1.82) is 0 Å². The molecule has 0 saturated carbocycles. The Morgan fingerprint density at radius 1 is 0.805 bits per heavy atom. The van der Waals surface area contributed by atoms with Crippen molar-refractivity contribution in [2.45, 2.75) is 11.0 Å². The zero-order valence-electron chi connectivity index (χ0n) is 20.3. The molecule has 2 heterocycles. The molecule has 1 aliphatic rings. The average molecular weight is 632 g/mol. The Morgan fingerprint density at radius 2 is 1.44 bits per heavy atom. The fourth-order valence-electron chi connectivity index (χ4n) is 3.94. The Bertz CT molecular complexity index is 1920. The fraction of sp³-hybridized carbons (Fsp3) is 0.174. The highest BCUT2D eigenvalue weighted by atomic mass is 32.2. The van der Waals surface area contributed by atoms with E-state index >= 15 is 0 Å². The van der Waals surface area contributed by atoms with Crippen LogP contribution in [0.2, 0.25) is 0 Å². The van der Waals surface area contributed by atoms with Crippen LogP contribution in [0.5, 0.6) is 17.2 Å². The van der Waals surface area contributed by atoms with Crippen molar-refractivity contribution >= 4 is 41.9 Å². The van der Waals surface area contributed by atoms with Crippen molar-refractivity contribution in [2.75, 3.05) is 7.11 Å². The van der Waals surface area contributed by atoms with Gasteiger partial charge in [0.05, 0.1) is 29.5 Å². The van der Waals surface area contributed by atoms with Gasteiger partial charge in [-0.3, -0.25) is 4.18 Å². The van der Waals surface area contributed by atoms with Crippen LogP contribution in [-0.4, -0.2) is 35.0 Å². The third kappa shape index (κ3) is 5.33. The summed E-state index contributed by atoms with van der Waals surface area (Å²) in [5, 5.41) is 1.28. The molecule has 41 heavy (non-hydrogen) atoms. The molecule has 1 aliphatic heterocycles. The zero-order chi connectivity index (χ0) is 30.7. The summed E-state index contributed by atoms with van der Waals surface area (Å²) in [4.78, 5) is 0. The summed E-state index contributed by atoms with van der Waals surface area (Å²) in [5.74, 6) is -2.18. The normalized spacial score (nSPS) is 13.3. The molecule has 1 aromatic heterocycles. The molecule has 0 atom stereocenters. The Balaban J connectivity index is 0.000000374. The van der Waals surface area contributed by atoms with Crippen LogP contribution in [0.25, 0.3) is 32.9 Å². The number of ether oxygens (including phenoxy) is 1. The number of nitrogens with zero attached hydrogens (tertiary/aromatic N) is 1. The molecule has 0 bridgehead atoms. The van der Waals surface area contributed by atoms with Crippen LogP contribution in [-0.2, 0) is 31.5 Å². The van der Waals surface area contributed by atoms with Crippen molar-refractivity contribution in [3.05, 3.63) is 60.2 Å². The van der Waals surface area contributed by atoms with E-state index in [2.05, 4.69) is 8.37 Å². The number of halogens is 8. The maximum atomic E-state index is 14.6. The number of rotatable bonds is 3. The summed E-state index contributed by atoms with van der Waals surface area (Å²) in [5.41, 5.74) is -10.0. The van der Waals surface area contributed by atoms with E-state index in [1.807, 2.05) is 0 Å². The highest BCUT2D eigenvalue weighted by molar-refractivity contribution is 7.88. The number of pyridine rings is 1. The minimum absolute atomic E-state index is 0.163. The first kappa shape index (κ1) is 30.2. The van der Waals surface area contributed by atoms with E-state index in [4.69, 9.17) is 4.74 Å².